The summed E-state index contributed by atoms with van der Waals surface area (Å²) >= 11 is 0. The molecular formula is C6H11F2NO. The third-order valence-corrected chi connectivity index (χ3v) is 1.72. The van der Waals surface area contributed by atoms with Gasteiger partial charge in [0, 0.05) is 19.0 Å². The van der Waals surface area contributed by atoms with Crippen molar-refractivity contribution < 1.29 is 13.9 Å². The Morgan fingerprint density at radius 2 is 2.10 bits per heavy atom. The average molecular weight is 151 g/mol. The van der Waals surface area contributed by atoms with Crippen LogP contribution in [0.15, 0.2) is 0 Å². The third kappa shape index (κ3) is 1.88. The van der Waals surface area contributed by atoms with Gasteiger partial charge in [0.25, 0.3) is 0 Å². The number of halogens is 2. The second kappa shape index (κ2) is 3.25. The molecule has 4 heteroatoms. The van der Waals surface area contributed by atoms with Gasteiger partial charge in [0.2, 0.25) is 6.43 Å². The summed E-state index contributed by atoms with van der Waals surface area (Å²) in [7, 11) is 0. The van der Waals surface area contributed by atoms with E-state index in [0.29, 0.717) is 13.1 Å². The van der Waals surface area contributed by atoms with Gasteiger partial charge in [-0.15, -0.1) is 0 Å². The second-order valence-electron chi connectivity index (χ2n) is 2.64. The van der Waals surface area contributed by atoms with Crippen LogP contribution in [0, 0.1) is 5.92 Å². The highest BCUT2D eigenvalue weighted by Gasteiger charge is 2.26. The van der Waals surface area contributed by atoms with Gasteiger partial charge in [-0.2, -0.15) is 0 Å². The van der Waals surface area contributed by atoms with Crippen LogP contribution in [-0.4, -0.2) is 30.7 Å². The molecule has 0 aromatic rings. The van der Waals surface area contributed by atoms with E-state index in [0.717, 1.165) is 0 Å². The number of aliphatic hydroxyl groups is 1. The van der Waals surface area contributed by atoms with Crippen molar-refractivity contribution in [3.63, 3.8) is 0 Å². The smallest absolute Gasteiger partial charge is 0.242 e. The Bertz CT molecular complexity index is 110. The number of β-amino-alcohol motifs (C(OH)–C–C–N with tert-alkyl or cyclic N) is 1. The van der Waals surface area contributed by atoms with Gasteiger partial charge in [-0.3, -0.25) is 0 Å². The summed E-state index contributed by atoms with van der Waals surface area (Å²) in [5.41, 5.74) is 0. The first-order chi connectivity index (χ1) is 4.70. The molecule has 1 aliphatic heterocycles. The summed E-state index contributed by atoms with van der Waals surface area (Å²) in [6.45, 7) is 0.776. The molecule has 0 aromatic carbocycles. The van der Waals surface area contributed by atoms with Crippen molar-refractivity contribution in [2.24, 2.45) is 5.92 Å². The van der Waals surface area contributed by atoms with Gasteiger partial charge in [0.1, 0.15) is 0 Å². The minimum absolute atomic E-state index is 0.227. The maximum absolute atomic E-state index is 11.9. The maximum Gasteiger partial charge on any atom is 0.242 e. The summed E-state index contributed by atoms with van der Waals surface area (Å²) < 4.78 is 23.9. The summed E-state index contributed by atoms with van der Waals surface area (Å²) in [4.78, 5) is 0. The first-order valence-electron chi connectivity index (χ1n) is 3.37. The Kier molecular flexibility index (Phi) is 2.56. The number of piperidine rings is 1. The minimum atomic E-state index is -2.30. The highest BCUT2D eigenvalue weighted by atomic mass is 19.3. The lowest BCUT2D eigenvalue weighted by Gasteiger charge is -2.25. The molecule has 0 radical (unpaired) electrons. The van der Waals surface area contributed by atoms with E-state index in [1.165, 1.54) is 0 Å². The molecule has 60 valence electrons. The zero-order chi connectivity index (χ0) is 7.56. The summed E-state index contributed by atoms with van der Waals surface area (Å²) in [5.74, 6) is -0.663. The predicted octanol–water partition coefficient (Wildman–Crippen LogP) is 0.222. The van der Waals surface area contributed by atoms with Gasteiger partial charge in [-0.05, 0) is 6.42 Å². The van der Waals surface area contributed by atoms with Gasteiger partial charge in [0.05, 0.1) is 6.10 Å². The molecule has 1 rings (SSSR count). The van der Waals surface area contributed by atoms with E-state index in [1.807, 2.05) is 0 Å². The first-order valence-corrected chi connectivity index (χ1v) is 3.37. The first kappa shape index (κ1) is 7.88. The van der Waals surface area contributed by atoms with Crippen LogP contribution in [0.5, 0.6) is 0 Å². The fourth-order valence-corrected chi connectivity index (χ4v) is 1.14. The van der Waals surface area contributed by atoms with Crippen LogP contribution >= 0.6 is 0 Å². The van der Waals surface area contributed by atoms with Gasteiger partial charge in [-0.25, -0.2) is 8.78 Å². The molecule has 2 unspecified atom stereocenters. The molecule has 1 aliphatic rings. The molecule has 1 saturated heterocycles. The molecule has 1 heterocycles. The van der Waals surface area contributed by atoms with E-state index in [9.17, 15) is 8.78 Å². The van der Waals surface area contributed by atoms with Gasteiger partial charge < -0.3 is 10.4 Å². The Morgan fingerprint density at radius 1 is 1.40 bits per heavy atom. The Hall–Kier alpha value is -0.220. The minimum Gasteiger partial charge on any atom is -0.392 e. The van der Waals surface area contributed by atoms with Crippen molar-refractivity contribution in [1.82, 2.24) is 5.32 Å². The van der Waals surface area contributed by atoms with Crippen LogP contribution in [0.2, 0.25) is 0 Å². The summed E-state index contributed by atoms with van der Waals surface area (Å²) in [6.07, 6.45) is -2.67. The number of aliphatic hydroxyl groups excluding tert-OH is 1. The van der Waals surface area contributed by atoms with Crippen molar-refractivity contribution in [1.29, 1.82) is 0 Å². The average Bonchev–Trinajstić information content (AvgIpc) is 1.88. The number of nitrogens with one attached hydrogen (secondary N) is 1. The van der Waals surface area contributed by atoms with Crippen molar-refractivity contribution in [2.45, 2.75) is 19.0 Å². The molecule has 0 aliphatic carbocycles. The highest BCUT2D eigenvalue weighted by Crippen LogP contribution is 2.17. The predicted molar refractivity (Wildman–Crippen MR) is 33.0 cm³/mol. The van der Waals surface area contributed by atoms with E-state index in [4.69, 9.17) is 5.11 Å². The summed E-state index contributed by atoms with van der Waals surface area (Å²) in [5, 5.41) is 11.7. The number of hydrogen-bond donors (Lipinski definition) is 2. The largest absolute Gasteiger partial charge is 0.392 e. The molecule has 0 amide bonds. The molecule has 0 aromatic heterocycles. The van der Waals surface area contributed by atoms with E-state index >= 15 is 0 Å². The van der Waals surface area contributed by atoms with Crippen LogP contribution in [0.4, 0.5) is 8.78 Å². The molecular weight excluding hydrogens is 140 g/mol. The molecule has 0 saturated carbocycles. The Labute approximate surface area is 58.2 Å². The molecule has 0 bridgehead atoms. The third-order valence-electron chi connectivity index (χ3n) is 1.72. The molecule has 2 atom stereocenters. The van der Waals surface area contributed by atoms with E-state index in [2.05, 4.69) is 5.32 Å². The van der Waals surface area contributed by atoms with Crippen molar-refractivity contribution in [3.05, 3.63) is 0 Å². The molecule has 0 spiro atoms. The highest BCUT2D eigenvalue weighted by molar-refractivity contribution is 4.76. The standard InChI is InChI=1S/C6H11F2NO/c7-6(8)4-1-5(10)3-9-2-4/h4-6,9-10H,1-3H2. The van der Waals surface area contributed by atoms with Crippen LogP contribution in [0.3, 0.4) is 0 Å². The van der Waals surface area contributed by atoms with Crippen LogP contribution < -0.4 is 5.32 Å². The molecule has 2 N–H and O–H groups in total. The zero-order valence-electron chi connectivity index (χ0n) is 5.56. The van der Waals surface area contributed by atoms with Gasteiger partial charge >= 0.3 is 0 Å². The topological polar surface area (TPSA) is 32.3 Å². The lowest BCUT2D eigenvalue weighted by Crippen LogP contribution is -2.41. The van der Waals surface area contributed by atoms with Crippen molar-refractivity contribution >= 4 is 0 Å². The van der Waals surface area contributed by atoms with E-state index in [1.54, 1.807) is 0 Å². The van der Waals surface area contributed by atoms with Gasteiger partial charge in [-0.1, -0.05) is 0 Å². The second-order valence-corrected chi connectivity index (χ2v) is 2.64. The maximum atomic E-state index is 11.9. The van der Waals surface area contributed by atoms with Gasteiger partial charge in [0.15, 0.2) is 0 Å². The fraction of sp³-hybridized carbons (Fsp3) is 1.00. The zero-order valence-corrected chi connectivity index (χ0v) is 5.56. The molecule has 10 heavy (non-hydrogen) atoms. The molecule has 2 nitrogen and oxygen atoms in total. The number of hydrogen-bond acceptors (Lipinski definition) is 2. The van der Waals surface area contributed by atoms with Crippen LogP contribution in [0.25, 0.3) is 0 Å². The lowest BCUT2D eigenvalue weighted by molar-refractivity contribution is 0.0203. The Balaban J connectivity index is 2.32. The summed E-state index contributed by atoms with van der Waals surface area (Å²) in [6, 6.07) is 0. The fourth-order valence-electron chi connectivity index (χ4n) is 1.14. The molecule has 1 fully saturated rings. The monoisotopic (exact) mass is 151 g/mol. The van der Waals surface area contributed by atoms with E-state index in [-0.39, 0.29) is 6.42 Å². The van der Waals surface area contributed by atoms with E-state index < -0.39 is 18.4 Å². The number of alkyl halides is 2. The number of rotatable bonds is 1. The SMILES string of the molecule is OC1CNCC(C(F)F)C1. The Morgan fingerprint density at radius 3 is 2.50 bits per heavy atom. The normalized spacial score (nSPS) is 34.8. The van der Waals surface area contributed by atoms with Crippen molar-refractivity contribution in [3.8, 4) is 0 Å². The van der Waals surface area contributed by atoms with Crippen molar-refractivity contribution in [2.75, 3.05) is 13.1 Å². The lowest BCUT2D eigenvalue weighted by atomic mass is 9.98. The van der Waals surface area contributed by atoms with Crippen LogP contribution in [-0.2, 0) is 0 Å². The quantitative estimate of drug-likeness (QED) is 0.562. The van der Waals surface area contributed by atoms with Crippen LogP contribution in [0.1, 0.15) is 6.42 Å².